The lowest BCUT2D eigenvalue weighted by molar-refractivity contribution is -0.138. The minimum atomic E-state index is -0.303. The predicted molar refractivity (Wildman–Crippen MR) is 58.2 cm³/mol. The topological polar surface area (TPSA) is 49.4 Å². The summed E-state index contributed by atoms with van der Waals surface area (Å²) in [5, 5.41) is 3.10. The summed E-state index contributed by atoms with van der Waals surface area (Å²) in [5.74, 6) is -0.144. The van der Waals surface area contributed by atoms with Crippen LogP contribution in [0.3, 0.4) is 0 Å². The number of likely N-dealkylation sites (N-methyl/N-ethyl adjacent to an activating group) is 1. The summed E-state index contributed by atoms with van der Waals surface area (Å²) < 4.78 is 0. The number of carbonyl (C=O) groups excluding carboxylic acids is 2. The molecule has 1 saturated heterocycles. The second kappa shape index (κ2) is 5.66. The van der Waals surface area contributed by atoms with E-state index < -0.39 is 0 Å². The third kappa shape index (κ3) is 2.89. The van der Waals surface area contributed by atoms with Crippen molar-refractivity contribution >= 4 is 11.8 Å². The quantitative estimate of drug-likeness (QED) is 0.412. The molecule has 0 bridgehead atoms. The van der Waals surface area contributed by atoms with Crippen molar-refractivity contribution in [2.24, 2.45) is 0 Å². The molecule has 0 aromatic heterocycles. The molecule has 2 amide bonds. The number of carbonyl (C=O) groups is 2. The van der Waals surface area contributed by atoms with Crippen LogP contribution in [-0.4, -0.2) is 35.8 Å². The van der Waals surface area contributed by atoms with Gasteiger partial charge in [0, 0.05) is 6.54 Å². The Morgan fingerprint density at radius 2 is 2.27 bits per heavy atom. The fourth-order valence-electron chi connectivity index (χ4n) is 1.68. The molecular weight excluding hydrogens is 192 g/mol. The molecule has 15 heavy (non-hydrogen) atoms. The lowest BCUT2D eigenvalue weighted by Crippen LogP contribution is -2.38. The van der Waals surface area contributed by atoms with E-state index in [1.54, 1.807) is 0 Å². The molecule has 1 unspecified atom stereocenters. The van der Waals surface area contributed by atoms with E-state index in [9.17, 15) is 9.59 Å². The molecule has 1 aliphatic heterocycles. The van der Waals surface area contributed by atoms with Crippen LogP contribution in [-0.2, 0) is 9.59 Å². The molecule has 1 rings (SSSR count). The van der Waals surface area contributed by atoms with E-state index in [2.05, 4.69) is 5.32 Å². The van der Waals surface area contributed by atoms with E-state index in [1.807, 2.05) is 26.0 Å². The Kier molecular flexibility index (Phi) is 4.49. The highest BCUT2D eigenvalue weighted by atomic mass is 16.2. The molecule has 0 aromatic rings. The SMILES string of the molecule is C/C=C/CCNC1CC(=O)N(CC)C1=O. The normalized spacial score (nSPS) is 22.0. The summed E-state index contributed by atoms with van der Waals surface area (Å²) in [5.41, 5.74) is 0. The first kappa shape index (κ1) is 11.9. The highest BCUT2D eigenvalue weighted by Gasteiger charge is 2.36. The van der Waals surface area contributed by atoms with Crippen LogP contribution in [0, 0.1) is 0 Å². The molecule has 1 heterocycles. The molecular formula is C11H18N2O2. The standard InChI is InChI=1S/C11H18N2O2/c1-3-5-6-7-12-9-8-10(14)13(4-2)11(9)15/h3,5,9,12H,4,6-8H2,1-2H3/b5-3+. The highest BCUT2D eigenvalue weighted by Crippen LogP contribution is 2.12. The molecule has 1 N–H and O–H groups in total. The number of allylic oxidation sites excluding steroid dienone is 1. The lowest BCUT2D eigenvalue weighted by atomic mass is 10.2. The minimum Gasteiger partial charge on any atom is -0.305 e. The molecule has 0 spiro atoms. The van der Waals surface area contributed by atoms with Gasteiger partial charge in [0.25, 0.3) is 0 Å². The van der Waals surface area contributed by atoms with Crippen LogP contribution >= 0.6 is 0 Å². The van der Waals surface area contributed by atoms with Crippen LogP contribution < -0.4 is 5.32 Å². The summed E-state index contributed by atoms with van der Waals surface area (Å²) >= 11 is 0. The van der Waals surface area contributed by atoms with Gasteiger partial charge < -0.3 is 5.32 Å². The number of nitrogens with zero attached hydrogens (tertiary/aromatic N) is 1. The molecule has 4 nitrogen and oxygen atoms in total. The zero-order chi connectivity index (χ0) is 11.3. The van der Waals surface area contributed by atoms with Crippen LogP contribution in [0.25, 0.3) is 0 Å². The molecule has 0 aromatic carbocycles. The third-order valence-electron chi connectivity index (χ3n) is 2.50. The van der Waals surface area contributed by atoms with Crippen LogP contribution in [0.15, 0.2) is 12.2 Å². The average Bonchev–Trinajstić information content (AvgIpc) is 2.49. The number of imide groups is 1. The van der Waals surface area contributed by atoms with Crippen molar-refractivity contribution in [3.05, 3.63) is 12.2 Å². The van der Waals surface area contributed by atoms with Crippen LogP contribution in [0.4, 0.5) is 0 Å². The minimum absolute atomic E-state index is 0.0639. The van der Waals surface area contributed by atoms with Gasteiger partial charge in [-0.15, -0.1) is 0 Å². The van der Waals surface area contributed by atoms with E-state index in [-0.39, 0.29) is 17.9 Å². The number of likely N-dealkylation sites (tertiary alicyclic amines) is 1. The zero-order valence-electron chi connectivity index (χ0n) is 9.32. The van der Waals surface area contributed by atoms with Crippen molar-refractivity contribution < 1.29 is 9.59 Å². The fraction of sp³-hybridized carbons (Fsp3) is 0.636. The molecule has 1 atom stereocenters. The van der Waals surface area contributed by atoms with Gasteiger partial charge in [0.2, 0.25) is 11.8 Å². The Hall–Kier alpha value is -1.16. The first-order chi connectivity index (χ1) is 7.20. The summed E-state index contributed by atoms with van der Waals surface area (Å²) in [6.45, 7) is 5.00. The maximum atomic E-state index is 11.6. The molecule has 0 aliphatic carbocycles. The first-order valence-electron chi connectivity index (χ1n) is 5.39. The Labute approximate surface area is 90.3 Å². The Balaban J connectivity index is 2.38. The first-order valence-corrected chi connectivity index (χ1v) is 5.39. The second-order valence-corrected chi connectivity index (χ2v) is 3.54. The van der Waals surface area contributed by atoms with E-state index in [4.69, 9.17) is 0 Å². The number of hydrogen-bond donors (Lipinski definition) is 1. The van der Waals surface area contributed by atoms with Gasteiger partial charge in [0.1, 0.15) is 0 Å². The van der Waals surface area contributed by atoms with Gasteiger partial charge in [-0.1, -0.05) is 12.2 Å². The Morgan fingerprint density at radius 3 is 2.80 bits per heavy atom. The summed E-state index contributed by atoms with van der Waals surface area (Å²) in [7, 11) is 0. The Bertz CT molecular complexity index is 274. The molecule has 84 valence electrons. The molecule has 0 radical (unpaired) electrons. The predicted octanol–water partition coefficient (Wildman–Crippen LogP) is 0.690. The molecule has 4 heteroatoms. The van der Waals surface area contributed by atoms with Crippen molar-refractivity contribution in [3.63, 3.8) is 0 Å². The van der Waals surface area contributed by atoms with E-state index in [1.165, 1.54) is 4.90 Å². The Morgan fingerprint density at radius 1 is 1.53 bits per heavy atom. The highest BCUT2D eigenvalue weighted by molar-refractivity contribution is 6.05. The molecule has 1 aliphatic rings. The second-order valence-electron chi connectivity index (χ2n) is 3.54. The van der Waals surface area contributed by atoms with Crippen molar-refractivity contribution in [2.45, 2.75) is 32.7 Å². The van der Waals surface area contributed by atoms with Gasteiger partial charge >= 0.3 is 0 Å². The number of nitrogens with one attached hydrogen (secondary N) is 1. The van der Waals surface area contributed by atoms with Crippen molar-refractivity contribution in [1.29, 1.82) is 0 Å². The maximum Gasteiger partial charge on any atom is 0.246 e. The van der Waals surface area contributed by atoms with E-state index in [0.29, 0.717) is 13.0 Å². The number of rotatable bonds is 5. The largest absolute Gasteiger partial charge is 0.305 e. The number of amides is 2. The van der Waals surface area contributed by atoms with Gasteiger partial charge in [-0.2, -0.15) is 0 Å². The van der Waals surface area contributed by atoms with Crippen LogP contribution in [0.1, 0.15) is 26.7 Å². The smallest absolute Gasteiger partial charge is 0.246 e. The zero-order valence-corrected chi connectivity index (χ0v) is 9.32. The van der Waals surface area contributed by atoms with Gasteiger partial charge in [-0.05, 0) is 26.8 Å². The van der Waals surface area contributed by atoms with Crippen molar-refractivity contribution in [2.75, 3.05) is 13.1 Å². The number of hydrogen-bond acceptors (Lipinski definition) is 3. The summed E-state index contributed by atoms with van der Waals surface area (Å²) in [6, 6.07) is -0.303. The average molecular weight is 210 g/mol. The third-order valence-corrected chi connectivity index (χ3v) is 2.50. The van der Waals surface area contributed by atoms with Crippen molar-refractivity contribution in [1.82, 2.24) is 10.2 Å². The van der Waals surface area contributed by atoms with Crippen LogP contribution in [0.2, 0.25) is 0 Å². The fourth-order valence-corrected chi connectivity index (χ4v) is 1.68. The van der Waals surface area contributed by atoms with Gasteiger partial charge in [0.15, 0.2) is 0 Å². The summed E-state index contributed by atoms with van der Waals surface area (Å²) in [6.07, 6.45) is 5.20. The maximum absolute atomic E-state index is 11.6. The van der Waals surface area contributed by atoms with Gasteiger partial charge in [0.05, 0.1) is 12.5 Å². The monoisotopic (exact) mass is 210 g/mol. The van der Waals surface area contributed by atoms with Crippen LogP contribution in [0.5, 0.6) is 0 Å². The summed E-state index contributed by atoms with van der Waals surface area (Å²) in [4.78, 5) is 24.3. The molecule has 0 saturated carbocycles. The van der Waals surface area contributed by atoms with Gasteiger partial charge in [-0.25, -0.2) is 0 Å². The van der Waals surface area contributed by atoms with Crippen molar-refractivity contribution in [3.8, 4) is 0 Å². The van der Waals surface area contributed by atoms with E-state index in [0.717, 1.165) is 13.0 Å². The van der Waals surface area contributed by atoms with Gasteiger partial charge in [-0.3, -0.25) is 14.5 Å². The van der Waals surface area contributed by atoms with E-state index >= 15 is 0 Å². The lowest BCUT2D eigenvalue weighted by Gasteiger charge is -2.12. The molecule has 1 fully saturated rings.